The summed E-state index contributed by atoms with van der Waals surface area (Å²) in [5.41, 5.74) is 1.75. The van der Waals surface area contributed by atoms with Crippen LogP contribution in [0.2, 0.25) is 5.15 Å². The molecule has 0 bridgehead atoms. The van der Waals surface area contributed by atoms with Crippen LogP contribution in [0.15, 0.2) is 28.0 Å². The number of hydrogen-bond acceptors (Lipinski definition) is 6. The number of rotatable bonds is 6. The van der Waals surface area contributed by atoms with Crippen LogP contribution in [0.5, 0.6) is 0 Å². The summed E-state index contributed by atoms with van der Waals surface area (Å²) in [6, 6.07) is 5.50. The molecule has 3 aromatic heterocycles. The number of thiophene rings is 1. The predicted molar refractivity (Wildman–Crippen MR) is 121 cm³/mol. The van der Waals surface area contributed by atoms with Crippen molar-refractivity contribution in [3.8, 4) is 12.3 Å². The maximum absolute atomic E-state index is 12.0. The molecule has 1 amide bonds. The van der Waals surface area contributed by atoms with Crippen molar-refractivity contribution in [3.63, 3.8) is 0 Å². The molecule has 0 radical (unpaired) electrons. The first kappa shape index (κ1) is 22.0. The topological polar surface area (TPSA) is 76.4 Å². The molecule has 3 aromatic rings. The van der Waals surface area contributed by atoms with Crippen LogP contribution in [0.25, 0.3) is 11.1 Å². The van der Waals surface area contributed by atoms with E-state index in [1.807, 2.05) is 45.2 Å². The second-order valence-corrected chi connectivity index (χ2v) is 9.32. The minimum absolute atomic E-state index is 0.259. The normalized spacial score (nSPS) is 12.4. The molecule has 0 aromatic carbocycles. The number of ether oxygens (including phenoxy) is 1. The van der Waals surface area contributed by atoms with Crippen molar-refractivity contribution in [2.45, 2.75) is 52.3 Å². The molecular weight excluding hydrogens is 422 g/mol. The third-order valence-corrected chi connectivity index (χ3v) is 5.18. The fourth-order valence-electron chi connectivity index (χ4n) is 2.94. The molecule has 3 heterocycles. The Morgan fingerprint density at radius 2 is 2.23 bits per heavy atom. The van der Waals surface area contributed by atoms with Gasteiger partial charge in [0.1, 0.15) is 22.0 Å². The minimum Gasteiger partial charge on any atom is -0.456 e. The van der Waals surface area contributed by atoms with E-state index in [2.05, 4.69) is 21.5 Å². The van der Waals surface area contributed by atoms with Crippen molar-refractivity contribution in [2.24, 2.45) is 0 Å². The Morgan fingerprint density at radius 1 is 1.47 bits per heavy atom. The van der Waals surface area contributed by atoms with Crippen LogP contribution >= 0.6 is 22.9 Å². The number of terminal acetylenes is 1. The molecule has 0 spiro atoms. The first-order chi connectivity index (χ1) is 14.2. The number of alkyl carbamates (subject to hydrolysis) is 1. The van der Waals surface area contributed by atoms with E-state index in [1.54, 1.807) is 17.4 Å². The first-order valence-electron chi connectivity index (χ1n) is 9.50. The SMILES string of the molecule is C#Cc1c(C[C@H](C)NC(=O)OC(C)(C)C)oc2c(NCc3cccs3)cc(Cl)nc12. The molecule has 0 aliphatic carbocycles. The Kier molecular flexibility index (Phi) is 6.59. The van der Waals surface area contributed by atoms with E-state index < -0.39 is 11.7 Å². The van der Waals surface area contributed by atoms with Gasteiger partial charge in [-0.25, -0.2) is 9.78 Å². The molecule has 0 unspecified atom stereocenters. The molecule has 0 saturated heterocycles. The van der Waals surface area contributed by atoms with Crippen LogP contribution in [0.4, 0.5) is 10.5 Å². The summed E-state index contributed by atoms with van der Waals surface area (Å²) in [6.45, 7) is 7.92. The Labute approximate surface area is 185 Å². The quantitative estimate of drug-likeness (QED) is 0.382. The van der Waals surface area contributed by atoms with E-state index in [1.165, 1.54) is 4.88 Å². The van der Waals surface area contributed by atoms with Gasteiger partial charge in [-0.15, -0.1) is 17.8 Å². The zero-order valence-corrected chi connectivity index (χ0v) is 18.9. The number of amides is 1. The fraction of sp³-hybridized carbons (Fsp3) is 0.364. The fourth-order valence-corrected chi connectivity index (χ4v) is 3.78. The van der Waals surface area contributed by atoms with Crippen LogP contribution in [-0.4, -0.2) is 22.7 Å². The summed E-state index contributed by atoms with van der Waals surface area (Å²) >= 11 is 7.88. The number of nitrogens with one attached hydrogen (secondary N) is 2. The van der Waals surface area contributed by atoms with Crippen LogP contribution in [0.3, 0.4) is 0 Å². The summed E-state index contributed by atoms with van der Waals surface area (Å²) < 4.78 is 11.4. The van der Waals surface area contributed by atoms with Crippen LogP contribution in [0.1, 0.15) is 43.9 Å². The number of furan rings is 1. The highest BCUT2D eigenvalue weighted by atomic mass is 35.5. The number of anilines is 1. The van der Waals surface area contributed by atoms with E-state index in [-0.39, 0.29) is 6.04 Å². The Morgan fingerprint density at radius 3 is 2.87 bits per heavy atom. The van der Waals surface area contributed by atoms with Gasteiger partial charge in [-0.05, 0) is 39.1 Å². The maximum atomic E-state index is 12.0. The number of fused-ring (bicyclic) bond motifs is 1. The Hall–Kier alpha value is -2.69. The highest BCUT2D eigenvalue weighted by Crippen LogP contribution is 2.33. The second kappa shape index (κ2) is 8.99. The van der Waals surface area contributed by atoms with E-state index in [4.69, 9.17) is 27.2 Å². The van der Waals surface area contributed by atoms with Gasteiger partial charge in [-0.2, -0.15) is 0 Å². The van der Waals surface area contributed by atoms with Gasteiger partial charge in [0.05, 0.1) is 11.3 Å². The molecule has 6 nitrogen and oxygen atoms in total. The van der Waals surface area contributed by atoms with Gasteiger partial charge >= 0.3 is 6.09 Å². The van der Waals surface area contributed by atoms with Gasteiger partial charge in [-0.1, -0.05) is 23.6 Å². The van der Waals surface area contributed by atoms with Crippen LogP contribution < -0.4 is 10.6 Å². The summed E-state index contributed by atoms with van der Waals surface area (Å²) in [5, 5.41) is 8.48. The lowest BCUT2D eigenvalue weighted by Gasteiger charge is -2.21. The number of carbonyl (C=O) groups is 1. The average molecular weight is 446 g/mol. The van der Waals surface area contributed by atoms with Gasteiger partial charge in [0.25, 0.3) is 0 Å². The van der Waals surface area contributed by atoms with E-state index in [0.717, 1.165) is 0 Å². The van der Waals surface area contributed by atoms with Crippen molar-refractivity contribution in [1.29, 1.82) is 0 Å². The van der Waals surface area contributed by atoms with Gasteiger partial charge in [-0.3, -0.25) is 0 Å². The molecule has 8 heteroatoms. The minimum atomic E-state index is -0.572. The highest BCUT2D eigenvalue weighted by Gasteiger charge is 2.22. The summed E-state index contributed by atoms with van der Waals surface area (Å²) in [4.78, 5) is 17.6. The number of hydrogen-bond donors (Lipinski definition) is 2. The molecule has 30 heavy (non-hydrogen) atoms. The van der Waals surface area contributed by atoms with Crippen molar-refractivity contribution < 1.29 is 13.9 Å². The number of pyridine rings is 1. The number of carbonyl (C=O) groups excluding carboxylic acids is 1. The van der Waals surface area contributed by atoms with Crippen molar-refractivity contribution in [3.05, 3.63) is 44.9 Å². The average Bonchev–Trinajstić information content (AvgIpc) is 3.25. The molecule has 1 atom stereocenters. The number of aromatic nitrogens is 1. The van der Waals surface area contributed by atoms with Gasteiger partial charge in [0, 0.05) is 30.0 Å². The molecule has 0 saturated carbocycles. The lowest BCUT2D eigenvalue weighted by molar-refractivity contribution is 0.0507. The zero-order valence-electron chi connectivity index (χ0n) is 17.3. The van der Waals surface area contributed by atoms with Gasteiger partial charge < -0.3 is 19.8 Å². The third-order valence-electron chi connectivity index (χ3n) is 4.11. The Balaban J connectivity index is 1.83. The van der Waals surface area contributed by atoms with Gasteiger partial charge in [0.2, 0.25) is 0 Å². The molecule has 3 rings (SSSR count). The third kappa shape index (κ3) is 5.47. The van der Waals surface area contributed by atoms with Crippen molar-refractivity contribution in [1.82, 2.24) is 10.3 Å². The summed E-state index contributed by atoms with van der Waals surface area (Å²) in [7, 11) is 0. The largest absolute Gasteiger partial charge is 0.456 e. The molecule has 158 valence electrons. The Bertz CT molecular complexity index is 1080. The molecule has 2 N–H and O–H groups in total. The lowest BCUT2D eigenvalue weighted by Crippen LogP contribution is -2.38. The summed E-state index contributed by atoms with van der Waals surface area (Å²) in [6.07, 6.45) is 5.64. The predicted octanol–water partition coefficient (Wildman–Crippen LogP) is 5.59. The van der Waals surface area contributed by atoms with Crippen LogP contribution in [0, 0.1) is 12.3 Å². The van der Waals surface area contributed by atoms with Gasteiger partial charge in [0.15, 0.2) is 5.58 Å². The van der Waals surface area contributed by atoms with E-state index in [9.17, 15) is 4.79 Å². The number of halogens is 1. The molecule has 0 fully saturated rings. The molecule has 0 aliphatic heterocycles. The molecule has 0 aliphatic rings. The molecular formula is C22H24ClN3O3S. The van der Waals surface area contributed by atoms with E-state index in [0.29, 0.717) is 46.2 Å². The summed E-state index contributed by atoms with van der Waals surface area (Å²) in [5.74, 6) is 3.22. The zero-order chi connectivity index (χ0) is 21.9. The standard InChI is InChI=1S/C22H24ClN3O3S/c1-6-15-17(10-13(2)25-21(27)29-22(3,4)5)28-20-16(11-18(23)26-19(15)20)24-12-14-8-7-9-30-14/h1,7-9,11,13H,10,12H2,2-5H3,(H,24,26)(H,25,27)/t13-/m0/s1. The second-order valence-electron chi connectivity index (χ2n) is 7.90. The van der Waals surface area contributed by atoms with E-state index >= 15 is 0 Å². The highest BCUT2D eigenvalue weighted by molar-refractivity contribution is 7.09. The lowest BCUT2D eigenvalue weighted by atomic mass is 10.1. The van der Waals surface area contributed by atoms with Crippen LogP contribution in [-0.2, 0) is 17.7 Å². The van der Waals surface area contributed by atoms with Crippen molar-refractivity contribution in [2.75, 3.05) is 5.32 Å². The smallest absolute Gasteiger partial charge is 0.407 e. The van der Waals surface area contributed by atoms with Crippen molar-refractivity contribution >= 4 is 45.8 Å². The first-order valence-corrected chi connectivity index (χ1v) is 10.8. The number of nitrogens with zero attached hydrogens (tertiary/aromatic N) is 1. The monoisotopic (exact) mass is 445 g/mol. The maximum Gasteiger partial charge on any atom is 0.407 e.